The largest absolute Gasteiger partial charge is 0.493 e. The Labute approximate surface area is 153 Å². The molecule has 0 bridgehead atoms. The molecule has 0 aliphatic carbocycles. The number of carbonyl (C=O) groups excluding carboxylic acids is 1. The fourth-order valence-corrected chi connectivity index (χ4v) is 2.71. The molecule has 0 radical (unpaired) electrons. The van der Waals surface area contributed by atoms with Crippen molar-refractivity contribution in [3.8, 4) is 17.2 Å². The fraction of sp³-hybridized carbons (Fsp3) is 0.286. The zero-order chi connectivity index (χ0) is 18.7. The Bertz CT molecular complexity index is 851. The van der Waals surface area contributed by atoms with Crippen LogP contribution in [0.3, 0.4) is 0 Å². The summed E-state index contributed by atoms with van der Waals surface area (Å²) in [6.45, 7) is 4.12. The fourth-order valence-electron chi connectivity index (χ4n) is 2.71. The molecule has 0 saturated carbocycles. The predicted octanol–water partition coefficient (Wildman–Crippen LogP) is 4.25. The highest BCUT2D eigenvalue weighted by atomic mass is 16.5. The maximum Gasteiger partial charge on any atom is 0.338 e. The minimum Gasteiger partial charge on any atom is -0.493 e. The summed E-state index contributed by atoms with van der Waals surface area (Å²) in [7, 11) is 3.14. The Hall–Kier alpha value is -2.95. The summed E-state index contributed by atoms with van der Waals surface area (Å²) in [6, 6.07) is 10.7. The van der Waals surface area contributed by atoms with Crippen molar-refractivity contribution in [2.24, 2.45) is 0 Å². The van der Waals surface area contributed by atoms with Crippen molar-refractivity contribution in [3.63, 3.8) is 0 Å². The van der Waals surface area contributed by atoms with Gasteiger partial charge < -0.3 is 18.9 Å². The van der Waals surface area contributed by atoms with Gasteiger partial charge >= 0.3 is 5.97 Å². The van der Waals surface area contributed by atoms with Gasteiger partial charge in [0, 0.05) is 5.56 Å². The molecule has 136 valence electrons. The summed E-state index contributed by atoms with van der Waals surface area (Å²) >= 11 is 0. The van der Waals surface area contributed by atoms with Gasteiger partial charge in [0.2, 0.25) is 0 Å². The minimum absolute atomic E-state index is 0.148. The van der Waals surface area contributed by atoms with E-state index in [1.807, 2.05) is 32.1 Å². The smallest absolute Gasteiger partial charge is 0.338 e. The van der Waals surface area contributed by atoms with E-state index in [1.165, 1.54) is 0 Å². The maximum absolute atomic E-state index is 12.4. The van der Waals surface area contributed by atoms with Crippen LogP contribution in [0.15, 0.2) is 42.5 Å². The second kappa shape index (κ2) is 7.12. The molecule has 0 N–H and O–H groups in total. The van der Waals surface area contributed by atoms with Gasteiger partial charge in [-0.05, 0) is 55.8 Å². The number of hydrogen-bond acceptors (Lipinski definition) is 5. The first-order chi connectivity index (χ1) is 12.4. The number of benzene rings is 2. The lowest BCUT2D eigenvalue weighted by Crippen LogP contribution is -2.27. The highest BCUT2D eigenvalue weighted by Crippen LogP contribution is 2.32. The van der Waals surface area contributed by atoms with Crippen LogP contribution in [0.25, 0.3) is 6.08 Å². The van der Waals surface area contributed by atoms with E-state index in [1.54, 1.807) is 44.6 Å². The Kier molecular flexibility index (Phi) is 4.89. The SMILES string of the molecule is COc1ccc(COC(=O)c2ccc3c(c2)C=CC(C)(C)O3)cc1OC. The molecule has 0 spiro atoms. The van der Waals surface area contributed by atoms with E-state index >= 15 is 0 Å². The lowest BCUT2D eigenvalue weighted by Gasteiger charge is -2.27. The molecule has 1 heterocycles. The second-order valence-electron chi connectivity index (χ2n) is 6.56. The average molecular weight is 354 g/mol. The van der Waals surface area contributed by atoms with Gasteiger partial charge in [-0.25, -0.2) is 4.79 Å². The lowest BCUT2D eigenvalue weighted by molar-refractivity contribution is 0.0472. The molecular formula is C21H22O5. The lowest BCUT2D eigenvalue weighted by atomic mass is 10.0. The average Bonchev–Trinajstić information content (AvgIpc) is 2.64. The zero-order valence-electron chi connectivity index (χ0n) is 15.4. The zero-order valence-corrected chi connectivity index (χ0v) is 15.4. The van der Waals surface area contributed by atoms with Crippen LogP contribution in [0.1, 0.15) is 35.3 Å². The maximum atomic E-state index is 12.4. The summed E-state index contributed by atoms with van der Waals surface area (Å²) in [5.41, 5.74) is 1.82. The van der Waals surface area contributed by atoms with E-state index in [9.17, 15) is 4.79 Å². The molecule has 26 heavy (non-hydrogen) atoms. The van der Waals surface area contributed by atoms with Crippen molar-refractivity contribution in [1.82, 2.24) is 0 Å². The number of esters is 1. The number of carbonyl (C=O) groups is 1. The summed E-state index contributed by atoms with van der Waals surface area (Å²) in [4.78, 5) is 12.4. The van der Waals surface area contributed by atoms with Gasteiger partial charge in [0.05, 0.1) is 19.8 Å². The van der Waals surface area contributed by atoms with E-state index in [-0.39, 0.29) is 18.2 Å². The number of rotatable bonds is 5. The summed E-state index contributed by atoms with van der Waals surface area (Å²) < 4.78 is 21.7. The van der Waals surface area contributed by atoms with Gasteiger partial charge in [0.15, 0.2) is 11.5 Å². The number of ether oxygens (including phenoxy) is 4. The van der Waals surface area contributed by atoms with E-state index < -0.39 is 0 Å². The molecule has 3 rings (SSSR count). The summed E-state index contributed by atoms with van der Waals surface area (Å²) in [5, 5.41) is 0. The third-order valence-corrected chi connectivity index (χ3v) is 4.10. The van der Waals surface area contributed by atoms with Crippen LogP contribution in [-0.2, 0) is 11.3 Å². The van der Waals surface area contributed by atoms with Gasteiger partial charge in [-0.1, -0.05) is 12.1 Å². The van der Waals surface area contributed by atoms with Crippen LogP contribution >= 0.6 is 0 Å². The van der Waals surface area contributed by atoms with Gasteiger partial charge in [0.1, 0.15) is 18.0 Å². The molecule has 1 aliphatic rings. The first-order valence-electron chi connectivity index (χ1n) is 8.32. The Morgan fingerprint density at radius 3 is 2.54 bits per heavy atom. The molecule has 0 fully saturated rings. The highest BCUT2D eigenvalue weighted by molar-refractivity contribution is 5.90. The summed E-state index contributed by atoms with van der Waals surface area (Å²) in [6.07, 6.45) is 3.93. The molecule has 0 atom stereocenters. The third kappa shape index (κ3) is 3.82. The first-order valence-corrected chi connectivity index (χ1v) is 8.32. The molecule has 5 heteroatoms. The molecule has 5 nitrogen and oxygen atoms in total. The van der Waals surface area contributed by atoms with Crippen LogP contribution in [0, 0.1) is 0 Å². The standard InChI is InChI=1S/C21H22O5/c1-21(2)10-9-15-12-16(6-8-17(15)26-21)20(22)25-13-14-5-7-18(23-3)19(11-14)24-4/h5-12H,13H2,1-4H3. The minimum atomic E-state index is -0.388. The van der Waals surface area contributed by atoms with E-state index in [4.69, 9.17) is 18.9 Å². The Morgan fingerprint density at radius 2 is 1.81 bits per heavy atom. The third-order valence-electron chi connectivity index (χ3n) is 4.10. The van der Waals surface area contributed by atoms with Crippen molar-refractivity contribution in [2.75, 3.05) is 14.2 Å². The molecule has 0 amide bonds. The highest BCUT2D eigenvalue weighted by Gasteiger charge is 2.22. The van der Waals surface area contributed by atoms with Crippen molar-refractivity contribution in [1.29, 1.82) is 0 Å². The van der Waals surface area contributed by atoms with Crippen LogP contribution < -0.4 is 14.2 Å². The Balaban J connectivity index is 1.69. The van der Waals surface area contributed by atoms with E-state index in [2.05, 4.69) is 0 Å². The van der Waals surface area contributed by atoms with Crippen LogP contribution in [0.4, 0.5) is 0 Å². The van der Waals surface area contributed by atoms with Gasteiger partial charge in [-0.15, -0.1) is 0 Å². The topological polar surface area (TPSA) is 54.0 Å². The van der Waals surface area contributed by atoms with Gasteiger partial charge in [0.25, 0.3) is 0 Å². The Morgan fingerprint density at radius 1 is 1.04 bits per heavy atom. The van der Waals surface area contributed by atoms with Crippen molar-refractivity contribution in [2.45, 2.75) is 26.1 Å². The number of fused-ring (bicyclic) bond motifs is 1. The van der Waals surface area contributed by atoms with Crippen molar-refractivity contribution < 1.29 is 23.7 Å². The van der Waals surface area contributed by atoms with E-state index in [0.717, 1.165) is 16.9 Å². The molecule has 0 aromatic heterocycles. The van der Waals surface area contributed by atoms with Gasteiger partial charge in [-0.2, -0.15) is 0 Å². The molecule has 0 saturated heterocycles. The van der Waals surface area contributed by atoms with Crippen LogP contribution in [0.5, 0.6) is 17.2 Å². The number of hydrogen-bond donors (Lipinski definition) is 0. The van der Waals surface area contributed by atoms with Crippen LogP contribution in [-0.4, -0.2) is 25.8 Å². The second-order valence-corrected chi connectivity index (χ2v) is 6.56. The van der Waals surface area contributed by atoms with Crippen LogP contribution in [0.2, 0.25) is 0 Å². The van der Waals surface area contributed by atoms with Crippen molar-refractivity contribution >= 4 is 12.0 Å². The van der Waals surface area contributed by atoms with Gasteiger partial charge in [-0.3, -0.25) is 0 Å². The molecule has 2 aromatic carbocycles. The monoisotopic (exact) mass is 354 g/mol. The molecule has 1 aliphatic heterocycles. The molecule has 2 aromatic rings. The molecular weight excluding hydrogens is 332 g/mol. The van der Waals surface area contributed by atoms with E-state index in [0.29, 0.717) is 17.1 Å². The predicted molar refractivity (Wildman–Crippen MR) is 98.8 cm³/mol. The summed E-state index contributed by atoms with van der Waals surface area (Å²) in [5.74, 6) is 1.60. The van der Waals surface area contributed by atoms with Crippen molar-refractivity contribution in [3.05, 3.63) is 59.2 Å². The molecule has 0 unspecified atom stereocenters. The first kappa shape index (κ1) is 17.9. The quantitative estimate of drug-likeness (QED) is 0.752. The number of methoxy groups -OCH3 is 2. The normalized spacial score (nSPS) is 14.2.